The maximum atomic E-state index is 13.0. The molecule has 2 aliphatic rings. The number of hydrogen-bond acceptors (Lipinski definition) is 4. The second-order valence-electron chi connectivity index (χ2n) is 9.35. The Balaban J connectivity index is 1.50. The molecule has 0 radical (unpaired) electrons. The molecular weight excluding hydrogens is 432 g/mol. The summed E-state index contributed by atoms with van der Waals surface area (Å²) >= 11 is 5.81. The van der Waals surface area contributed by atoms with Crippen molar-refractivity contribution >= 4 is 41.0 Å². The molecule has 1 aliphatic carbocycles. The molecule has 1 saturated heterocycles. The van der Waals surface area contributed by atoms with Crippen molar-refractivity contribution in [3.63, 3.8) is 0 Å². The zero-order chi connectivity index (χ0) is 23.5. The maximum Gasteiger partial charge on any atom is 0.325 e. The van der Waals surface area contributed by atoms with Crippen molar-refractivity contribution in [2.45, 2.75) is 58.4 Å². The molecule has 0 aromatic heterocycles. The number of carbonyl (C=O) groups excluding carboxylic acids is 4. The van der Waals surface area contributed by atoms with Crippen molar-refractivity contribution in [2.24, 2.45) is 11.3 Å². The van der Waals surface area contributed by atoms with E-state index in [-0.39, 0.29) is 17.9 Å². The fourth-order valence-electron chi connectivity index (χ4n) is 4.46. The van der Waals surface area contributed by atoms with E-state index in [1.54, 1.807) is 24.3 Å². The van der Waals surface area contributed by atoms with Crippen LogP contribution in [0.1, 0.15) is 52.9 Å². The first-order valence-electron chi connectivity index (χ1n) is 11.0. The van der Waals surface area contributed by atoms with E-state index >= 15 is 0 Å². The quantitative estimate of drug-likeness (QED) is 0.540. The number of amides is 5. The Kier molecular flexibility index (Phi) is 7.12. The second-order valence-corrected chi connectivity index (χ2v) is 9.79. The largest absolute Gasteiger partial charge is 0.345 e. The fourth-order valence-corrected chi connectivity index (χ4v) is 4.58. The highest BCUT2D eigenvalue weighted by Crippen LogP contribution is 2.45. The van der Waals surface area contributed by atoms with Crippen molar-refractivity contribution in [1.82, 2.24) is 15.5 Å². The molecule has 1 aliphatic heterocycles. The predicted molar refractivity (Wildman–Crippen MR) is 122 cm³/mol. The van der Waals surface area contributed by atoms with Crippen molar-refractivity contribution in [3.8, 4) is 0 Å². The molecule has 1 heterocycles. The minimum atomic E-state index is -0.913. The van der Waals surface area contributed by atoms with E-state index in [0.29, 0.717) is 29.5 Å². The van der Waals surface area contributed by atoms with Crippen molar-refractivity contribution in [1.29, 1.82) is 0 Å². The van der Waals surface area contributed by atoms with Gasteiger partial charge in [0.05, 0.1) is 6.54 Å². The van der Waals surface area contributed by atoms with E-state index in [1.807, 2.05) is 0 Å². The van der Waals surface area contributed by atoms with Gasteiger partial charge in [-0.1, -0.05) is 38.8 Å². The lowest BCUT2D eigenvalue weighted by atomic mass is 9.65. The lowest BCUT2D eigenvalue weighted by Crippen LogP contribution is -2.51. The molecule has 2 fully saturated rings. The molecule has 3 N–H and O–H groups in total. The van der Waals surface area contributed by atoms with Crippen LogP contribution in [0.15, 0.2) is 24.3 Å². The lowest BCUT2D eigenvalue weighted by molar-refractivity contribution is -0.136. The minimum absolute atomic E-state index is 0.194. The van der Waals surface area contributed by atoms with Crippen molar-refractivity contribution in [2.75, 3.05) is 18.4 Å². The van der Waals surface area contributed by atoms with Crippen LogP contribution in [0.2, 0.25) is 5.02 Å². The number of nitrogens with zero attached hydrogens (tertiary/aromatic N) is 1. The summed E-state index contributed by atoms with van der Waals surface area (Å²) in [7, 11) is 0. The Morgan fingerprint density at radius 1 is 1.16 bits per heavy atom. The molecule has 8 nitrogen and oxygen atoms in total. The highest BCUT2D eigenvalue weighted by atomic mass is 35.5. The van der Waals surface area contributed by atoms with Gasteiger partial charge in [0.1, 0.15) is 12.1 Å². The molecule has 32 heavy (non-hydrogen) atoms. The van der Waals surface area contributed by atoms with Crippen LogP contribution in [0.5, 0.6) is 0 Å². The number of rotatable bonds is 7. The predicted octanol–water partition coefficient (Wildman–Crippen LogP) is 3.31. The van der Waals surface area contributed by atoms with Gasteiger partial charge in [0.25, 0.3) is 5.91 Å². The normalized spacial score (nSPS) is 23.2. The number of hydrogen-bond donors (Lipinski definition) is 3. The van der Waals surface area contributed by atoms with Crippen LogP contribution in [-0.2, 0) is 14.4 Å². The molecule has 0 unspecified atom stereocenters. The summed E-state index contributed by atoms with van der Waals surface area (Å²) in [6, 6.07) is 6.01. The molecule has 3 rings (SSSR count). The Bertz CT molecular complexity index is 892. The first-order valence-corrected chi connectivity index (χ1v) is 11.4. The first kappa shape index (κ1) is 24.0. The van der Waals surface area contributed by atoms with Gasteiger partial charge in [-0.25, -0.2) is 4.79 Å². The molecule has 174 valence electrons. The molecule has 1 saturated carbocycles. The van der Waals surface area contributed by atoms with Crippen LogP contribution in [-0.4, -0.2) is 47.3 Å². The zero-order valence-electron chi connectivity index (χ0n) is 18.8. The molecule has 1 aromatic carbocycles. The topological polar surface area (TPSA) is 108 Å². The summed E-state index contributed by atoms with van der Waals surface area (Å²) in [4.78, 5) is 50.8. The van der Waals surface area contributed by atoms with Gasteiger partial charge in [0, 0.05) is 10.7 Å². The number of nitrogens with one attached hydrogen (secondary N) is 3. The Morgan fingerprint density at radius 2 is 1.78 bits per heavy atom. The monoisotopic (exact) mass is 462 g/mol. The summed E-state index contributed by atoms with van der Waals surface area (Å²) in [5.41, 5.74) is -0.171. The number of urea groups is 1. The molecule has 1 spiro atoms. The van der Waals surface area contributed by atoms with Crippen LogP contribution in [0.4, 0.5) is 10.5 Å². The zero-order valence-corrected chi connectivity index (χ0v) is 19.6. The lowest BCUT2D eigenvalue weighted by Gasteiger charge is -2.42. The Hall–Kier alpha value is -2.61. The van der Waals surface area contributed by atoms with Crippen molar-refractivity contribution < 1.29 is 19.2 Å². The maximum absolute atomic E-state index is 13.0. The minimum Gasteiger partial charge on any atom is -0.345 e. The van der Waals surface area contributed by atoms with Gasteiger partial charge in [-0.2, -0.15) is 0 Å². The van der Waals surface area contributed by atoms with Crippen LogP contribution in [0.25, 0.3) is 0 Å². The number of halogens is 1. The molecule has 0 atom stereocenters. The average Bonchev–Trinajstić information content (AvgIpc) is 2.98. The van der Waals surface area contributed by atoms with Crippen LogP contribution >= 0.6 is 11.6 Å². The van der Waals surface area contributed by atoms with E-state index in [0.717, 1.165) is 24.2 Å². The number of carbonyl (C=O) groups is 4. The third-order valence-electron chi connectivity index (χ3n) is 6.98. The molecule has 9 heteroatoms. The van der Waals surface area contributed by atoms with Crippen LogP contribution in [0, 0.1) is 11.3 Å². The van der Waals surface area contributed by atoms with E-state index in [9.17, 15) is 19.2 Å². The average molecular weight is 463 g/mol. The smallest absolute Gasteiger partial charge is 0.325 e. The molecular formula is C23H31ClN4O4. The first-order chi connectivity index (χ1) is 15.1. The summed E-state index contributed by atoms with van der Waals surface area (Å²) in [5, 5.41) is 8.47. The highest BCUT2D eigenvalue weighted by Gasteiger charge is 2.53. The molecule has 5 amide bonds. The van der Waals surface area contributed by atoms with Gasteiger partial charge in [-0.15, -0.1) is 0 Å². The van der Waals surface area contributed by atoms with Gasteiger partial charge in [0.2, 0.25) is 11.8 Å². The van der Waals surface area contributed by atoms with Gasteiger partial charge in [0.15, 0.2) is 0 Å². The third-order valence-corrected chi connectivity index (χ3v) is 7.23. The van der Waals surface area contributed by atoms with Crippen LogP contribution < -0.4 is 16.0 Å². The van der Waals surface area contributed by atoms with Gasteiger partial charge >= 0.3 is 6.03 Å². The summed E-state index contributed by atoms with van der Waals surface area (Å²) in [6.45, 7) is 5.96. The highest BCUT2D eigenvalue weighted by molar-refractivity contribution is 6.30. The van der Waals surface area contributed by atoms with Crippen LogP contribution in [0.3, 0.4) is 0 Å². The SMILES string of the molecule is CCC(C)(C)C1CCC2(CC1)NC(=O)N(CC(=O)NCC(=O)Nc1ccc(Cl)cc1)C2=O. The van der Waals surface area contributed by atoms with E-state index < -0.39 is 29.9 Å². The Morgan fingerprint density at radius 3 is 2.38 bits per heavy atom. The van der Waals surface area contributed by atoms with Gasteiger partial charge in [-0.05, 0) is 61.3 Å². The number of benzene rings is 1. The summed E-state index contributed by atoms with van der Waals surface area (Å²) in [6.07, 6.45) is 3.93. The number of imide groups is 1. The van der Waals surface area contributed by atoms with E-state index in [4.69, 9.17) is 11.6 Å². The molecule has 1 aromatic rings. The van der Waals surface area contributed by atoms with Crippen molar-refractivity contribution in [3.05, 3.63) is 29.3 Å². The molecule has 0 bridgehead atoms. The fraction of sp³-hybridized carbons (Fsp3) is 0.565. The Labute approximate surface area is 193 Å². The standard InChI is InChI=1S/C23H31ClN4O4/c1-4-22(2,3)15-9-11-23(12-10-15)20(31)28(21(32)27-23)14-19(30)25-13-18(29)26-17-7-5-16(24)6-8-17/h5-8,15H,4,9-14H2,1-3H3,(H,25,30)(H,26,29)(H,27,32). The second kappa shape index (κ2) is 9.48. The number of anilines is 1. The van der Waals surface area contributed by atoms with E-state index in [1.165, 1.54) is 0 Å². The van der Waals surface area contributed by atoms with E-state index in [2.05, 4.69) is 36.7 Å². The van der Waals surface area contributed by atoms with Gasteiger partial charge in [-0.3, -0.25) is 19.3 Å². The summed E-state index contributed by atoms with van der Waals surface area (Å²) in [5.74, 6) is -0.848. The summed E-state index contributed by atoms with van der Waals surface area (Å²) < 4.78 is 0. The van der Waals surface area contributed by atoms with Gasteiger partial charge < -0.3 is 16.0 Å². The third kappa shape index (κ3) is 5.23.